The number of hydrogen-bond acceptors (Lipinski definition) is 8. The zero-order valence-electron chi connectivity index (χ0n) is 18.7. The monoisotopic (exact) mass is 477 g/mol. The Balaban J connectivity index is 1.58. The summed E-state index contributed by atoms with van der Waals surface area (Å²) in [5.41, 5.74) is 10.6. The second kappa shape index (κ2) is 9.32. The number of allylic oxidation sites excluding steroid dienone is 3. The maximum absolute atomic E-state index is 13.2. The van der Waals surface area contributed by atoms with Crippen LogP contribution in [0.1, 0.15) is 68.4 Å². The first-order valence-corrected chi connectivity index (χ1v) is 13.3. The molecule has 1 fully saturated rings. The van der Waals surface area contributed by atoms with Crippen LogP contribution in [0.15, 0.2) is 51.3 Å². The van der Waals surface area contributed by atoms with Gasteiger partial charge in [-0.15, -0.1) is 10.2 Å². The van der Waals surface area contributed by atoms with E-state index >= 15 is 0 Å². The zero-order chi connectivity index (χ0) is 22.9. The van der Waals surface area contributed by atoms with E-state index in [0.29, 0.717) is 33.8 Å². The molecule has 2 N–H and O–H groups in total. The number of Topliss-reactive ketones (excluding diaryl/α,β-unsaturated/α-hetero) is 1. The minimum absolute atomic E-state index is 0.0936. The molecule has 2 aliphatic carbocycles. The summed E-state index contributed by atoms with van der Waals surface area (Å²) in [7, 11) is 0. The van der Waals surface area contributed by atoms with Crippen LogP contribution in [0, 0.1) is 18.3 Å². The molecule has 8 heteroatoms. The van der Waals surface area contributed by atoms with Gasteiger partial charge in [-0.05, 0) is 43.7 Å². The van der Waals surface area contributed by atoms with Crippen molar-refractivity contribution >= 4 is 34.0 Å². The fourth-order valence-corrected chi connectivity index (χ4v) is 7.58. The number of thioether (sulfide) groups is 1. The summed E-state index contributed by atoms with van der Waals surface area (Å²) >= 11 is 3.30. The Hall–Kier alpha value is -2.63. The molecular formula is C25H27N5OS2. The fraction of sp³-hybridized carbons (Fsp3) is 0.440. The molecule has 5 rings (SSSR count). The largest absolute Gasteiger partial charge is 0.384 e. The van der Waals surface area contributed by atoms with Crippen molar-refractivity contribution in [3.05, 3.63) is 58.1 Å². The lowest BCUT2D eigenvalue weighted by Gasteiger charge is -2.38. The summed E-state index contributed by atoms with van der Waals surface area (Å²) in [4.78, 5) is 15.1. The molecule has 33 heavy (non-hydrogen) atoms. The summed E-state index contributed by atoms with van der Waals surface area (Å²) in [6.45, 7) is 2.01. The van der Waals surface area contributed by atoms with Gasteiger partial charge in [0.1, 0.15) is 5.82 Å². The lowest BCUT2D eigenvalue weighted by molar-refractivity contribution is -0.116. The lowest BCUT2D eigenvalue weighted by atomic mass is 9.75. The van der Waals surface area contributed by atoms with E-state index in [1.54, 1.807) is 11.8 Å². The first-order valence-electron chi connectivity index (χ1n) is 11.6. The first kappa shape index (κ1) is 22.2. The fourth-order valence-electron chi connectivity index (χ4n) is 5.19. The van der Waals surface area contributed by atoms with Gasteiger partial charge in [0.2, 0.25) is 5.13 Å². The molecule has 1 aromatic heterocycles. The number of aryl methyl sites for hydroxylation is 1. The third-order valence-corrected chi connectivity index (χ3v) is 9.15. The van der Waals surface area contributed by atoms with E-state index in [1.807, 2.05) is 36.1 Å². The Morgan fingerprint density at radius 3 is 2.70 bits per heavy atom. The molecule has 1 saturated carbocycles. The average molecular weight is 478 g/mol. The Morgan fingerprint density at radius 1 is 1.15 bits per heavy atom. The number of rotatable bonds is 4. The van der Waals surface area contributed by atoms with Crippen molar-refractivity contribution in [3.8, 4) is 6.07 Å². The molecule has 0 amide bonds. The van der Waals surface area contributed by atoms with E-state index in [0.717, 1.165) is 34.0 Å². The number of benzene rings is 1. The van der Waals surface area contributed by atoms with Crippen molar-refractivity contribution in [1.82, 2.24) is 10.2 Å². The van der Waals surface area contributed by atoms with Crippen LogP contribution in [0.4, 0.5) is 5.13 Å². The number of hydrogen-bond donors (Lipinski definition) is 1. The van der Waals surface area contributed by atoms with E-state index in [2.05, 4.69) is 16.3 Å². The number of ketones is 1. The van der Waals surface area contributed by atoms with Crippen LogP contribution < -0.4 is 10.6 Å². The normalized spacial score (nSPS) is 21.9. The summed E-state index contributed by atoms with van der Waals surface area (Å²) in [6.07, 6.45) is 8.28. The van der Waals surface area contributed by atoms with Gasteiger partial charge in [-0.25, -0.2) is 0 Å². The van der Waals surface area contributed by atoms with Crippen molar-refractivity contribution < 1.29 is 4.79 Å². The number of nitrogens with two attached hydrogens (primary N) is 1. The van der Waals surface area contributed by atoms with Gasteiger partial charge in [0.15, 0.2) is 10.1 Å². The average Bonchev–Trinajstić information content (AvgIpc) is 3.27. The van der Waals surface area contributed by atoms with E-state index in [1.165, 1.54) is 43.4 Å². The Morgan fingerprint density at radius 2 is 1.94 bits per heavy atom. The highest BCUT2D eigenvalue weighted by Crippen LogP contribution is 2.48. The number of anilines is 1. The van der Waals surface area contributed by atoms with E-state index < -0.39 is 5.92 Å². The van der Waals surface area contributed by atoms with Crippen LogP contribution in [0.3, 0.4) is 0 Å². The van der Waals surface area contributed by atoms with Gasteiger partial charge in [-0.1, -0.05) is 66.6 Å². The molecule has 170 valence electrons. The van der Waals surface area contributed by atoms with Crippen LogP contribution >= 0.6 is 23.1 Å². The molecule has 2 aromatic rings. The molecule has 3 aliphatic rings. The lowest BCUT2D eigenvalue weighted by Crippen LogP contribution is -2.38. The summed E-state index contributed by atoms with van der Waals surface area (Å²) in [6, 6.07) is 10.3. The van der Waals surface area contributed by atoms with E-state index in [4.69, 9.17) is 5.73 Å². The summed E-state index contributed by atoms with van der Waals surface area (Å²) < 4.78 is 0.925. The second-order valence-corrected chi connectivity index (χ2v) is 11.4. The molecule has 0 bridgehead atoms. The molecule has 0 saturated heterocycles. The van der Waals surface area contributed by atoms with Crippen LogP contribution in [0.2, 0.25) is 0 Å². The Labute approximate surface area is 202 Å². The topological polar surface area (TPSA) is 95.9 Å². The van der Waals surface area contributed by atoms with Crippen LogP contribution in [-0.4, -0.2) is 21.2 Å². The SMILES string of the molecule is Cc1ccccc1C1C(C#N)=C(N)N(c2nnc(SC3CCCCC3)s2)C2=C1C(=O)CCC2. The molecule has 0 spiro atoms. The van der Waals surface area contributed by atoms with Crippen LogP contribution in [0.25, 0.3) is 0 Å². The number of aromatic nitrogens is 2. The third-order valence-electron chi connectivity index (χ3n) is 6.82. The van der Waals surface area contributed by atoms with Crippen molar-refractivity contribution in [1.29, 1.82) is 5.26 Å². The van der Waals surface area contributed by atoms with Crippen LogP contribution in [0.5, 0.6) is 0 Å². The molecule has 2 heterocycles. The number of carbonyl (C=O) groups is 1. The molecule has 1 aromatic carbocycles. The molecule has 1 aliphatic heterocycles. The quantitative estimate of drug-likeness (QED) is 0.614. The second-order valence-electron chi connectivity index (χ2n) is 8.90. The van der Waals surface area contributed by atoms with E-state index in [9.17, 15) is 10.1 Å². The number of nitrogens with zero attached hydrogens (tertiary/aromatic N) is 4. The van der Waals surface area contributed by atoms with Crippen molar-refractivity contribution in [2.45, 2.75) is 73.8 Å². The summed E-state index contributed by atoms with van der Waals surface area (Å²) in [5, 5.41) is 20.3. The number of carbonyl (C=O) groups excluding carboxylic acids is 1. The van der Waals surface area contributed by atoms with Gasteiger partial charge in [0, 0.05) is 22.9 Å². The molecule has 1 atom stereocenters. The Kier molecular flexibility index (Phi) is 6.26. The predicted molar refractivity (Wildman–Crippen MR) is 132 cm³/mol. The van der Waals surface area contributed by atoms with Crippen molar-refractivity contribution in [2.75, 3.05) is 4.90 Å². The minimum Gasteiger partial charge on any atom is -0.384 e. The van der Waals surface area contributed by atoms with Gasteiger partial charge in [-0.3, -0.25) is 9.69 Å². The Bertz CT molecular complexity index is 1190. The van der Waals surface area contributed by atoms with Gasteiger partial charge in [-0.2, -0.15) is 5.26 Å². The van der Waals surface area contributed by atoms with Crippen molar-refractivity contribution in [2.24, 2.45) is 5.73 Å². The minimum atomic E-state index is -0.431. The number of nitriles is 1. The van der Waals surface area contributed by atoms with Gasteiger partial charge in [0.05, 0.1) is 17.6 Å². The standard InChI is InChI=1S/C25H27N5OS2/c1-15-8-5-6-11-17(15)21-18(14-26)23(27)30(19-12-7-13-20(31)22(19)21)24-28-29-25(33-24)32-16-9-3-2-4-10-16/h5-6,8,11,16,21H,2-4,7,9-10,12-13,27H2,1H3. The highest BCUT2D eigenvalue weighted by atomic mass is 32.2. The smallest absolute Gasteiger partial charge is 0.219 e. The summed E-state index contributed by atoms with van der Waals surface area (Å²) in [5.74, 6) is 0.0277. The van der Waals surface area contributed by atoms with Gasteiger partial charge in [0.25, 0.3) is 0 Å². The van der Waals surface area contributed by atoms with E-state index in [-0.39, 0.29) is 5.78 Å². The predicted octanol–water partition coefficient (Wildman–Crippen LogP) is 5.58. The van der Waals surface area contributed by atoms with Crippen molar-refractivity contribution in [3.63, 3.8) is 0 Å². The maximum Gasteiger partial charge on any atom is 0.219 e. The third kappa shape index (κ3) is 4.09. The molecule has 6 nitrogen and oxygen atoms in total. The molecule has 1 unspecified atom stereocenters. The van der Waals surface area contributed by atoms with Crippen LogP contribution in [-0.2, 0) is 4.79 Å². The van der Waals surface area contributed by atoms with Gasteiger partial charge < -0.3 is 5.73 Å². The highest BCUT2D eigenvalue weighted by Gasteiger charge is 2.41. The van der Waals surface area contributed by atoms with Gasteiger partial charge >= 0.3 is 0 Å². The maximum atomic E-state index is 13.2. The highest BCUT2D eigenvalue weighted by molar-refractivity contribution is 8.01. The first-order chi connectivity index (χ1) is 16.1. The zero-order valence-corrected chi connectivity index (χ0v) is 20.3. The molecule has 0 radical (unpaired) electrons. The molecular weight excluding hydrogens is 450 g/mol.